The Balaban J connectivity index is 1.69. The second kappa shape index (κ2) is 8.84. The Labute approximate surface area is 194 Å². The number of Topliss-reactive ketones (excluding diaryl/α,β-unsaturated/α-hetero) is 1. The molecule has 0 aliphatic carbocycles. The number of ether oxygens (including phenoxy) is 1. The minimum Gasteiger partial charge on any atom is -0.497 e. The number of aromatic nitrogens is 1. The van der Waals surface area contributed by atoms with Crippen LogP contribution in [-0.4, -0.2) is 41.9 Å². The number of hydrogen-bond donors (Lipinski definition) is 0. The van der Waals surface area contributed by atoms with E-state index in [0.717, 1.165) is 41.7 Å². The lowest BCUT2D eigenvalue weighted by Gasteiger charge is -2.53. The summed E-state index contributed by atoms with van der Waals surface area (Å²) in [4.78, 5) is 21.3. The van der Waals surface area contributed by atoms with E-state index < -0.39 is 0 Å². The summed E-state index contributed by atoms with van der Waals surface area (Å²) < 4.78 is 5.51. The van der Waals surface area contributed by atoms with Gasteiger partial charge in [0.1, 0.15) is 5.75 Å². The zero-order chi connectivity index (χ0) is 22.2. The number of methoxy groups -OCH3 is 1. The molecule has 5 heteroatoms. The molecule has 3 atom stereocenters. The lowest BCUT2D eigenvalue weighted by Crippen LogP contribution is -2.58. The lowest BCUT2D eigenvalue weighted by atomic mass is 9.66. The number of carbonyl (C=O) groups excluding carboxylic acids is 1. The van der Waals surface area contributed by atoms with Crippen LogP contribution in [0.3, 0.4) is 0 Å². The van der Waals surface area contributed by atoms with Crippen LogP contribution in [-0.2, 0) is 0 Å². The Bertz CT molecular complexity index is 1120. The van der Waals surface area contributed by atoms with E-state index in [1.807, 2.05) is 54.7 Å². The summed E-state index contributed by atoms with van der Waals surface area (Å²) in [6.07, 6.45) is 5.40. The Kier molecular flexibility index (Phi) is 5.92. The smallest absolute Gasteiger partial charge is 0.171 e. The van der Waals surface area contributed by atoms with Crippen LogP contribution in [0.15, 0.2) is 54.7 Å². The molecule has 2 aromatic carbocycles. The van der Waals surface area contributed by atoms with E-state index in [4.69, 9.17) is 16.3 Å². The third kappa shape index (κ3) is 3.70. The van der Waals surface area contributed by atoms with Gasteiger partial charge in [0.05, 0.1) is 18.5 Å². The number of fused-ring (bicyclic) bond motifs is 4. The van der Waals surface area contributed by atoms with Crippen molar-refractivity contribution in [3.8, 4) is 5.75 Å². The van der Waals surface area contributed by atoms with Gasteiger partial charge in [-0.05, 0) is 91.9 Å². The summed E-state index contributed by atoms with van der Waals surface area (Å²) in [6.45, 7) is 4.42. The van der Waals surface area contributed by atoms with Crippen molar-refractivity contribution in [1.29, 1.82) is 0 Å². The van der Waals surface area contributed by atoms with E-state index in [9.17, 15) is 4.79 Å². The molecule has 4 nitrogen and oxygen atoms in total. The van der Waals surface area contributed by atoms with Crippen LogP contribution in [0.2, 0.25) is 5.02 Å². The third-order valence-corrected chi connectivity index (χ3v) is 7.83. The summed E-state index contributed by atoms with van der Waals surface area (Å²) in [5, 5.41) is 1.64. The first kappa shape index (κ1) is 21.4. The van der Waals surface area contributed by atoms with Gasteiger partial charge in [-0.3, -0.25) is 14.7 Å². The van der Waals surface area contributed by atoms with Gasteiger partial charge in [-0.2, -0.15) is 0 Å². The summed E-state index contributed by atoms with van der Waals surface area (Å²) in [6, 6.07) is 15.5. The summed E-state index contributed by atoms with van der Waals surface area (Å²) in [5.74, 6) is 1.88. The van der Waals surface area contributed by atoms with Gasteiger partial charge in [-0.1, -0.05) is 24.9 Å². The van der Waals surface area contributed by atoms with E-state index in [0.29, 0.717) is 22.4 Å². The van der Waals surface area contributed by atoms with E-state index in [-0.39, 0.29) is 17.7 Å². The topological polar surface area (TPSA) is 42.4 Å². The highest BCUT2D eigenvalue weighted by Crippen LogP contribution is 2.46. The summed E-state index contributed by atoms with van der Waals surface area (Å²) in [7, 11) is 1.67. The predicted molar refractivity (Wildman–Crippen MR) is 129 cm³/mol. The van der Waals surface area contributed by atoms with Gasteiger partial charge < -0.3 is 4.74 Å². The molecule has 166 valence electrons. The first-order valence-electron chi connectivity index (χ1n) is 11.6. The van der Waals surface area contributed by atoms with Crippen LogP contribution in [0.1, 0.15) is 48.0 Å². The van der Waals surface area contributed by atoms with Crippen molar-refractivity contribution in [2.75, 3.05) is 20.2 Å². The molecule has 0 spiro atoms. The van der Waals surface area contributed by atoms with Gasteiger partial charge in [0.25, 0.3) is 0 Å². The molecule has 0 saturated carbocycles. The fourth-order valence-corrected chi connectivity index (χ4v) is 6.17. The SMILES string of the molecule is CCC1C2CCN(CC2)C1C(C(=O)c1ccc(Cl)cc1)c1ccnc2ccc(OC)cc12. The quantitative estimate of drug-likeness (QED) is 0.435. The molecule has 1 aromatic heterocycles. The zero-order valence-electron chi connectivity index (χ0n) is 18.6. The molecule has 3 aliphatic rings. The van der Waals surface area contributed by atoms with E-state index >= 15 is 0 Å². The highest BCUT2D eigenvalue weighted by molar-refractivity contribution is 6.30. The van der Waals surface area contributed by atoms with Gasteiger partial charge in [-0.15, -0.1) is 0 Å². The molecule has 3 aromatic rings. The van der Waals surface area contributed by atoms with Crippen molar-refractivity contribution < 1.29 is 9.53 Å². The monoisotopic (exact) mass is 448 g/mol. The third-order valence-electron chi connectivity index (χ3n) is 7.58. The molecule has 3 aliphatic heterocycles. The van der Waals surface area contributed by atoms with E-state index in [1.165, 1.54) is 12.8 Å². The van der Waals surface area contributed by atoms with E-state index in [1.54, 1.807) is 7.11 Å². The standard InChI is InChI=1S/C27H29ClN2O2/c1-3-21-17-11-14-30(15-12-17)26(21)25(27(31)18-4-6-19(28)7-5-18)22-10-13-29-24-9-8-20(32-2)16-23(22)24/h4-10,13,16-17,21,25-26H,3,11-12,14-15H2,1-2H3. The Morgan fingerprint density at radius 3 is 2.59 bits per heavy atom. The van der Waals surface area contributed by atoms with Gasteiger partial charge in [0.15, 0.2) is 5.78 Å². The first-order valence-corrected chi connectivity index (χ1v) is 11.9. The van der Waals surface area contributed by atoms with Crippen molar-refractivity contribution in [2.45, 2.75) is 38.1 Å². The number of carbonyl (C=O) groups is 1. The highest BCUT2D eigenvalue weighted by Gasteiger charge is 2.47. The second-order valence-electron chi connectivity index (χ2n) is 9.07. The molecule has 2 bridgehead atoms. The fourth-order valence-electron chi connectivity index (χ4n) is 6.05. The second-order valence-corrected chi connectivity index (χ2v) is 9.50. The number of rotatable bonds is 6. The van der Waals surface area contributed by atoms with Crippen molar-refractivity contribution >= 4 is 28.3 Å². The van der Waals surface area contributed by atoms with Gasteiger partial charge >= 0.3 is 0 Å². The van der Waals surface area contributed by atoms with Crippen LogP contribution in [0, 0.1) is 11.8 Å². The van der Waals surface area contributed by atoms with Crippen LogP contribution >= 0.6 is 11.6 Å². The van der Waals surface area contributed by atoms with Crippen molar-refractivity contribution in [3.05, 3.63) is 70.9 Å². The molecular formula is C27H29ClN2O2. The number of piperidine rings is 3. The Morgan fingerprint density at radius 1 is 1.16 bits per heavy atom. The van der Waals surface area contributed by atoms with Crippen LogP contribution < -0.4 is 4.74 Å². The van der Waals surface area contributed by atoms with E-state index in [2.05, 4.69) is 16.8 Å². The number of hydrogen-bond acceptors (Lipinski definition) is 4. The Morgan fingerprint density at radius 2 is 1.91 bits per heavy atom. The average Bonchev–Trinajstić information content (AvgIpc) is 2.85. The lowest BCUT2D eigenvalue weighted by molar-refractivity contribution is -0.0212. The first-order chi connectivity index (χ1) is 15.6. The zero-order valence-corrected chi connectivity index (χ0v) is 19.4. The number of ketones is 1. The van der Waals surface area contributed by atoms with Crippen LogP contribution in [0.4, 0.5) is 0 Å². The maximum absolute atomic E-state index is 14.2. The molecule has 32 heavy (non-hydrogen) atoms. The maximum atomic E-state index is 14.2. The molecule has 3 saturated heterocycles. The average molecular weight is 449 g/mol. The molecular weight excluding hydrogens is 420 g/mol. The number of halogens is 1. The molecule has 6 rings (SSSR count). The molecule has 4 heterocycles. The molecule has 0 amide bonds. The van der Waals surface area contributed by atoms with Gasteiger partial charge in [0, 0.05) is 28.2 Å². The van der Waals surface area contributed by atoms with Crippen LogP contribution in [0.25, 0.3) is 10.9 Å². The van der Waals surface area contributed by atoms with Crippen molar-refractivity contribution in [2.24, 2.45) is 11.8 Å². The van der Waals surface area contributed by atoms with Gasteiger partial charge in [-0.25, -0.2) is 0 Å². The predicted octanol–water partition coefficient (Wildman–Crippen LogP) is 5.98. The number of nitrogens with zero attached hydrogens (tertiary/aromatic N) is 2. The minimum absolute atomic E-state index is 0.160. The molecule has 3 fully saturated rings. The maximum Gasteiger partial charge on any atom is 0.171 e. The summed E-state index contributed by atoms with van der Waals surface area (Å²) in [5.41, 5.74) is 2.65. The van der Waals surface area contributed by atoms with Crippen molar-refractivity contribution in [3.63, 3.8) is 0 Å². The number of pyridine rings is 1. The largest absolute Gasteiger partial charge is 0.497 e. The summed E-state index contributed by atoms with van der Waals surface area (Å²) >= 11 is 6.13. The fraction of sp³-hybridized carbons (Fsp3) is 0.407. The Hall–Kier alpha value is -2.43. The van der Waals surface area contributed by atoms with Crippen LogP contribution in [0.5, 0.6) is 5.75 Å². The normalized spacial score (nSPS) is 25.6. The molecule has 0 radical (unpaired) electrons. The highest BCUT2D eigenvalue weighted by atomic mass is 35.5. The number of benzene rings is 2. The van der Waals surface area contributed by atoms with Crippen molar-refractivity contribution in [1.82, 2.24) is 9.88 Å². The molecule has 3 unspecified atom stereocenters. The van der Waals surface area contributed by atoms with Gasteiger partial charge in [0.2, 0.25) is 0 Å². The molecule has 0 N–H and O–H groups in total. The minimum atomic E-state index is -0.262.